The summed E-state index contributed by atoms with van der Waals surface area (Å²) >= 11 is 11.7. The van der Waals surface area contributed by atoms with Crippen LogP contribution in [0, 0.1) is 18.7 Å². The average Bonchev–Trinajstić information content (AvgIpc) is 2.95. The van der Waals surface area contributed by atoms with Crippen LogP contribution < -0.4 is 10.2 Å². The molecule has 130 valence electrons. The molecule has 2 aromatic rings. The molecular formula is C18H15Cl2FN2O2. The first kappa shape index (κ1) is 17.7. The molecule has 1 aliphatic heterocycles. The topological polar surface area (TPSA) is 49.4 Å². The summed E-state index contributed by atoms with van der Waals surface area (Å²) in [6.45, 7) is 2.07. The number of nitrogens with one attached hydrogen (secondary N) is 1. The zero-order valence-electron chi connectivity index (χ0n) is 13.4. The number of benzene rings is 2. The Labute approximate surface area is 154 Å². The van der Waals surface area contributed by atoms with Crippen LogP contribution in [0.5, 0.6) is 0 Å². The maximum Gasteiger partial charge on any atom is 0.229 e. The molecule has 25 heavy (non-hydrogen) atoms. The first-order valence-corrected chi connectivity index (χ1v) is 8.43. The fraction of sp³-hybridized carbons (Fsp3) is 0.222. The Bertz CT molecular complexity index is 857. The van der Waals surface area contributed by atoms with Gasteiger partial charge in [0.2, 0.25) is 11.8 Å². The van der Waals surface area contributed by atoms with Gasteiger partial charge < -0.3 is 10.2 Å². The number of amides is 2. The van der Waals surface area contributed by atoms with E-state index in [1.165, 1.54) is 23.1 Å². The predicted octanol–water partition coefficient (Wildman–Crippen LogP) is 4.43. The lowest BCUT2D eigenvalue weighted by atomic mass is 10.1. The summed E-state index contributed by atoms with van der Waals surface area (Å²) in [5.74, 6) is -1.52. The first-order chi connectivity index (χ1) is 11.8. The van der Waals surface area contributed by atoms with Crippen LogP contribution in [-0.4, -0.2) is 18.4 Å². The number of aryl methyl sites for hydroxylation is 1. The normalized spacial score (nSPS) is 17.0. The molecule has 1 saturated heterocycles. The van der Waals surface area contributed by atoms with Crippen LogP contribution in [0.15, 0.2) is 36.4 Å². The van der Waals surface area contributed by atoms with Crippen LogP contribution in [0.1, 0.15) is 12.0 Å². The minimum atomic E-state index is -0.553. The van der Waals surface area contributed by atoms with Gasteiger partial charge in [-0.25, -0.2) is 4.39 Å². The highest BCUT2D eigenvalue weighted by molar-refractivity contribution is 6.31. The van der Waals surface area contributed by atoms with E-state index in [1.807, 2.05) is 13.0 Å². The summed E-state index contributed by atoms with van der Waals surface area (Å²) < 4.78 is 13.3. The number of halogens is 3. The third kappa shape index (κ3) is 3.78. The van der Waals surface area contributed by atoms with Gasteiger partial charge in [-0.2, -0.15) is 0 Å². The Morgan fingerprint density at radius 3 is 2.72 bits per heavy atom. The molecule has 1 fully saturated rings. The number of anilines is 2. The number of carbonyl (C=O) groups is 2. The van der Waals surface area contributed by atoms with E-state index in [2.05, 4.69) is 5.32 Å². The van der Waals surface area contributed by atoms with Crippen molar-refractivity contribution < 1.29 is 14.0 Å². The van der Waals surface area contributed by atoms with Crippen LogP contribution in [0.4, 0.5) is 15.8 Å². The average molecular weight is 381 g/mol. The number of hydrogen-bond donors (Lipinski definition) is 1. The van der Waals surface area contributed by atoms with Crippen molar-refractivity contribution in [2.45, 2.75) is 13.3 Å². The standard InChI is InChI=1S/C18H15Cl2FN2O2/c1-10-2-3-12(19)7-16(10)22-18(25)11-6-17(24)23(9-11)13-4-5-15(21)14(20)8-13/h2-5,7-8,11H,6,9H2,1H3,(H,22,25). The van der Waals surface area contributed by atoms with Gasteiger partial charge in [0.05, 0.1) is 10.9 Å². The van der Waals surface area contributed by atoms with E-state index in [-0.39, 0.29) is 29.8 Å². The molecule has 1 atom stereocenters. The lowest BCUT2D eigenvalue weighted by Gasteiger charge is -2.17. The highest BCUT2D eigenvalue weighted by atomic mass is 35.5. The molecule has 1 aliphatic rings. The predicted molar refractivity (Wildman–Crippen MR) is 96.7 cm³/mol. The smallest absolute Gasteiger partial charge is 0.229 e. The van der Waals surface area contributed by atoms with Gasteiger partial charge in [-0.1, -0.05) is 29.3 Å². The first-order valence-electron chi connectivity index (χ1n) is 7.67. The van der Waals surface area contributed by atoms with Gasteiger partial charge in [-0.05, 0) is 42.8 Å². The quantitative estimate of drug-likeness (QED) is 0.855. The second-order valence-electron chi connectivity index (χ2n) is 5.95. The molecule has 7 heteroatoms. The largest absolute Gasteiger partial charge is 0.325 e. The molecule has 0 aromatic heterocycles. The summed E-state index contributed by atoms with van der Waals surface area (Å²) in [7, 11) is 0. The van der Waals surface area contributed by atoms with Gasteiger partial charge in [0.25, 0.3) is 0 Å². The Balaban J connectivity index is 1.74. The maximum absolute atomic E-state index is 13.3. The van der Waals surface area contributed by atoms with Crippen molar-refractivity contribution in [1.29, 1.82) is 0 Å². The second-order valence-corrected chi connectivity index (χ2v) is 6.80. The third-order valence-electron chi connectivity index (χ3n) is 4.17. The summed E-state index contributed by atoms with van der Waals surface area (Å²) in [6, 6.07) is 9.28. The van der Waals surface area contributed by atoms with E-state index in [9.17, 15) is 14.0 Å². The van der Waals surface area contributed by atoms with E-state index in [1.54, 1.807) is 12.1 Å². The van der Waals surface area contributed by atoms with Crippen molar-refractivity contribution in [3.63, 3.8) is 0 Å². The highest BCUT2D eigenvalue weighted by Gasteiger charge is 2.35. The van der Waals surface area contributed by atoms with Crippen LogP contribution >= 0.6 is 23.2 Å². The minimum Gasteiger partial charge on any atom is -0.325 e. The van der Waals surface area contributed by atoms with E-state index in [0.717, 1.165) is 5.56 Å². The number of carbonyl (C=O) groups excluding carboxylic acids is 2. The molecule has 0 radical (unpaired) electrons. The van der Waals surface area contributed by atoms with Crippen LogP contribution in [-0.2, 0) is 9.59 Å². The van der Waals surface area contributed by atoms with Gasteiger partial charge in [-0.15, -0.1) is 0 Å². The summed E-state index contributed by atoms with van der Waals surface area (Å²) in [5, 5.41) is 3.27. The van der Waals surface area contributed by atoms with Gasteiger partial charge in [0.15, 0.2) is 0 Å². The fourth-order valence-electron chi connectivity index (χ4n) is 2.75. The fourth-order valence-corrected chi connectivity index (χ4v) is 3.10. The molecule has 2 amide bonds. The molecule has 0 bridgehead atoms. The van der Waals surface area contributed by atoms with Gasteiger partial charge in [0.1, 0.15) is 5.82 Å². The summed E-state index contributed by atoms with van der Waals surface area (Å²) in [5.41, 5.74) is 1.98. The van der Waals surface area contributed by atoms with Crippen molar-refractivity contribution in [3.8, 4) is 0 Å². The van der Waals surface area contributed by atoms with Gasteiger partial charge >= 0.3 is 0 Å². The van der Waals surface area contributed by atoms with Crippen LogP contribution in [0.25, 0.3) is 0 Å². The van der Waals surface area contributed by atoms with Crippen LogP contribution in [0.2, 0.25) is 10.0 Å². The molecule has 1 unspecified atom stereocenters. The molecule has 0 spiro atoms. The molecular weight excluding hydrogens is 366 g/mol. The second kappa shape index (κ2) is 7.02. The maximum atomic E-state index is 13.3. The van der Waals surface area contributed by atoms with Crippen LogP contribution in [0.3, 0.4) is 0 Å². The van der Waals surface area contributed by atoms with Crippen molar-refractivity contribution >= 4 is 46.4 Å². The molecule has 0 saturated carbocycles. The van der Waals surface area contributed by atoms with Crippen molar-refractivity contribution in [1.82, 2.24) is 0 Å². The Kier molecular flexibility index (Phi) is 4.97. The SMILES string of the molecule is Cc1ccc(Cl)cc1NC(=O)C1CC(=O)N(c2ccc(F)c(Cl)c2)C1. The van der Waals surface area contributed by atoms with E-state index >= 15 is 0 Å². The number of rotatable bonds is 3. The zero-order chi connectivity index (χ0) is 18.1. The summed E-state index contributed by atoms with van der Waals surface area (Å²) in [4.78, 5) is 26.2. The van der Waals surface area contributed by atoms with Crippen molar-refractivity contribution in [3.05, 3.63) is 57.8 Å². The zero-order valence-corrected chi connectivity index (χ0v) is 14.9. The van der Waals surface area contributed by atoms with E-state index in [0.29, 0.717) is 16.4 Å². The molecule has 2 aromatic carbocycles. The minimum absolute atomic E-state index is 0.0623. The van der Waals surface area contributed by atoms with Gasteiger partial charge in [-0.3, -0.25) is 9.59 Å². The Hall–Kier alpha value is -2.11. The lowest BCUT2D eigenvalue weighted by molar-refractivity contribution is -0.122. The molecule has 0 aliphatic carbocycles. The van der Waals surface area contributed by atoms with E-state index < -0.39 is 11.7 Å². The number of nitrogens with zero attached hydrogens (tertiary/aromatic N) is 1. The molecule has 4 nitrogen and oxygen atoms in total. The summed E-state index contributed by atoms with van der Waals surface area (Å²) in [6.07, 6.45) is 0.0838. The monoisotopic (exact) mass is 380 g/mol. The van der Waals surface area contributed by atoms with Gasteiger partial charge in [0, 0.05) is 29.4 Å². The van der Waals surface area contributed by atoms with Crippen molar-refractivity contribution in [2.75, 3.05) is 16.8 Å². The number of hydrogen-bond acceptors (Lipinski definition) is 2. The highest BCUT2D eigenvalue weighted by Crippen LogP contribution is 2.29. The molecule has 1 heterocycles. The Morgan fingerprint density at radius 2 is 2.00 bits per heavy atom. The Morgan fingerprint density at radius 1 is 1.24 bits per heavy atom. The third-order valence-corrected chi connectivity index (χ3v) is 4.69. The lowest BCUT2D eigenvalue weighted by Crippen LogP contribution is -2.28. The molecule has 1 N–H and O–H groups in total. The van der Waals surface area contributed by atoms with Crippen molar-refractivity contribution in [2.24, 2.45) is 5.92 Å². The molecule has 3 rings (SSSR count). The van der Waals surface area contributed by atoms with E-state index in [4.69, 9.17) is 23.2 Å².